The second kappa shape index (κ2) is 6.53. The van der Waals surface area contributed by atoms with Crippen LogP contribution < -0.4 is 5.73 Å². The van der Waals surface area contributed by atoms with Crippen molar-refractivity contribution in [3.63, 3.8) is 0 Å². The van der Waals surface area contributed by atoms with E-state index in [1.54, 1.807) is 0 Å². The first kappa shape index (κ1) is 16.0. The van der Waals surface area contributed by atoms with Gasteiger partial charge in [0, 0.05) is 38.6 Å². The van der Waals surface area contributed by atoms with Crippen molar-refractivity contribution >= 4 is 11.0 Å². The summed E-state index contributed by atoms with van der Waals surface area (Å²) in [5.41, 5.74) is 11.8. The van der Waals surface area contributed by atoms with Gasteiger partial charge in [-0.3, -0.25) is 4.90 Å². The maximum Gasteiger partial charge on any atom is 0.111 e. The Morgan fingerprint density at radius 2 is 1.77 bits per heavy atom. The van der Waals surface area contributed by atoms with Crippen LogP contribution in [0.25, 0.3) is 22.2 Å². The van der Waals surface area contributed by atoms with Gasteiger partial charge in [-0.1, -0.05) is 36.8 Å². The minimum Gasteiger partial charge on any atom is -0.327 e. The lowest BCUT2D eigenvalue weighted by Crippen LogP contribution is -2.41. The van der Waals surface area contributed by atoms with Gasteiger partial charge in [0.1, 0.15) is 5.82 Å². The minimum atomic E-state index is 0.590. The fourth-order valence-corrected chi connectivity index (χ4v) is 4.33. The molecule has 1 aliphatic heterocycles. The highest BCUT2D eigenvalue weighted by molar-refractivity contribution is 5.82. The van der Waals surface area contributed by atoms with Crippen molar-refractivity contribution in [1.29, 1.82) is 0 Å². The molecule has 0 bridgehead atoms. The Morgan fingerprint density at radius 3 is 2.50 bits per heavy atom. The zero-order chi connectivity index (χ0) is 17.5. The van der Waals surface area contributed by atoms with Gasteiger partial charge in [0.15, 0.2) is 0 Å². The number of nitrogens with two attached hydrogens (primary N) is 1. The van der Waals surface area contributed by atoms with Gasteiger partial charge >= 0.3 is 0 Å². The first-order valence-electron chi connectivity index (χ1n) is 9.84. The maximum absolute atomic E-state index is 5.72. The molecule has 26 heavy (non-hydrogen) atoms. The first-order chi connectivity index (χ1) is 12.8. The highest BCUT2D eigenvalue weighted by atomic mass is 15.2. The molecule has 1 aliphatic carbocycles. The molecule has 0 amide bonds. The van der Waals surface area contributed by atoms with Crippen molar-refractivity contribution < 1.29 is 0 Å². The number of fused-ring (bicyclic) bond motifs is 3. The fourth-order valence-electron chi connectivity index (χ4n) is 4.33. The molecule has 1 fully saturated rings. The molecule has 4 nitrogen and oxygen atoms in total. The smallest absolute Gasteiger partial charge is 0.111 e. The van der Waals surface area contributed by atoms with Gasteiger partial charge in [-0.2, -0.15) is 0 Å². The number of rotatable bonds is 3. The van der Waals surface area contributed by atoms with E-state index in [1.165, 1.54) is 47.3 Å². The Morgan fingerprint density at radius 1 is 0.962 bits per heavy atom. The molecule has 2 aliphatic rings. The van der Waals surface area contributed by atoms with Crippen LogP contribution in [0.4, 0.5) is 0 Å². The molecule has 0 spiro atoms. The van der Waals surface area contributed by atoms with E-state index in [-0.39, 0.29) is 0 Å². The number of nitrogens with zero attached hydrogens (tertiary/aromatic N) is 3. The molecule has 1 saturated carbocycles. The Balaban J connectivity index is 1.47. The predicted octanol–water partition coefficient (Wildman–Crippen LogP) is 3.57. The summed E-state index contributed by atoms with van der Waals surface area (Å²) in [5.74, 6) is 1.25. The second-order valence-electron chi connectivity index (χ2n) is 7.65. The molecule has 0 unspecified atom stereocenters. The van der Waals surface area contributed by atoms with Crippen LogP contribution in [-0.2, 0) is 19.5 Å². The van der Waals surface area contributed by atoms with E-state index in [1.807, 2.05) is 0 Å². The minimum absolute atomic E-state index is 0.590. The number of aromatic nitrogens is 2. The van der Waals surface area contributed by atoms with Gasteiger partial charge in [-0.25, -0.2) is 4.98 Å². The van der Waals surface area contributed by atoms with Gasteiger partial charge in [0.2, 0.25) is 0 Å². The molecule has 0 saturated heterocycles. The van der Waals surface area contributed by atoms with Gasteiger partial charge in [0.25, 0.3) is 0 Å². The lowest BCUT2D eigenvalue weighted by atomic mass is 9.91. The standard InChI is InChI=1S/C22H26N4/c23-15-16-4-6-17(7-5-16)18-8-9-20-21(14-18)26-13-12-25(19-2-1-3-19)11-10-22(26)24-20/h4-9,14,19H,1-3,10-13,15,23H2. The van der Waals surface area contributed by atoms with Crippen LogP contribution >= 0.6 is 0 Å². The second-order valence-corrected chi connectivity index (χ2v) is 7.65. The quantitative estimate of drug-likeness (QED) is 0.789. The highest BCUT2D eigenvalue weighted by Crippen LogP contribution is 2.29. The van der Waals surface area contributed by atoms with Gasteiger partial charge in [-0.15, -0.1) is 0 Å². The lowest BCUT2D eigenvalue weighted by molar-refractivity contribution is 0.130. The van der Waals surface area contributed by atoms with Crippen molar-refractivity contribution in [2.75, 3.05) is 13.1 Å². The number of imidazole rings is 1. The molecule has 0 radical (unpaired) electrons. The molecule has 2 aromatic carbocycles. The summed E-state index contributed by atoms with van der Waals surface area (Å²) in [6, 6.07) is 16.1. The van der Waals surface area contributed by atoms with E-state index in [9.17, 15) is 0 Å². The fraction of sp³-hybridized carbons (Fsp3) is 0.409. The Bertz CT molecular complexity index is 921. The number of benzene rings is 2. The zero-order valence-electron chi connectivity index (χ0n) is 15.2. The van der Waals surface area contributed by atoms with Crippen LogP contribution in [-0.4, -0.2) is 33.6 Å². The average Bonchev–Trinajstić information content (AvgIpc) is 2.86. The SMILES string of the molecule is NCc1ccc(-c2ccc3nc4n(c3c2)CCN(C2CCC2)CC4)cc1. The van der Waals surface area contributed by atoms with Crippen molar-refractivity contribution in [3.05, 3.63) is 53.9 Å². The van der Waals surface area contributed by atoms with Gasteiger partial charge < -0.3 is 10.3 Å². The average molecular weight is 346 g/mol. The summed E-state index contributed by atoms with van der Waals surface area (Å²) < 4.78 is 2.45. The van der Waals surface area contributed by atoms with E-state index in [4.69, 9.17) is 10.7 Å². The molecule has 5 rings (SSSR count). The van der Waals surface area contributed by atoms with E-state index >= 15 is 0 Å². The molecule has 2 heterocycles. The summed E-state index contributed by atoms with van der Waals surface area (Å²) in [7, 11) is 0. The first-order valence-corrected chi connectivity index (χ1v) is 9.84. The Labute approximate surface area is 154 Å². The number of hydrogen-bond acceptors (Lipinski definition) is 3. The summed E-state index contributed by atoms with van der Waals surface area (Å²) >= 11 is 0. The molecule has 134 valence electrons. The zero-order valence-corrected chi connectivity index (χ0v) is 15.2. The highest BCUT2D eigenvalue weighted by Gasteiger charge is 2.27. The molecular formula is C22H26N4. The third kappa shape index (κ3) is 2.74. The van der Waals surface area contributed by atoms with Crippen LogP contribution in [0.5, 0.6) is 0 Å². The lowest BCUT2D eigenvalue weighted by Gasteiger charge is -2.36. The summed E-state index contributed by atoms with van der Waals surface area (Å²) in [6.07, 6.45) is 5.23. The third-order valence-corrected chi connectivity index (χ3v) is 6.17. The summed E-state index contributed by atoms with van der Waals surface area (Å²) in [6.45, 7) is 3.95. The van der Waals surface area contributed by atoms with Crippen molar-refractivity contribution in [1.82, 2.24) is 14.5 Å². The van der Waals surface area contributed by atoms with Crippen LogP contribution in [0.3, 0.4) is 0 Å². The topological polar surface area (TPSA) is 47.1 Å². The van der Waals surface area contributed by atoms with E-state index in [0.717, 1.165) is 37.6 Å². The summed E-state index contributed by atoms with van der Waals surface area (Å²) in [4.78, 5) is 7.61. The Kier molecular flexibility index (Phi) is 4.03. The van der Waals surface area contributed by atoms with E-state index < -0.39 is 0 Å². The molecule has 3 aromatic rings. The van der Waals surface area contributed by atoms with Gasteiger partial charge in [-0.05, 0) is 41.7 Å². The summed E-state index contributed by atoms with van der Waals surface area (Å²) in [5, 5.41) is 0. The molecule has 2 N–H and O–H groups in total. The molecule has 0 atom stereocenters. The number of hydrogen-bond donors (Lipinski definition) is 1. The normalized spacial score (nSPS) is 18.5. The van der Waals surface area contributed by atoms with Crippen LogP contribution in [0.15, 0.2) is 42.5 Å². The van der Waals surface area contributed by atoms with Crippen LogP contribution in [0.2, 0.25) is 0 Å². The predicted molar refractivity (Wildman–Crippen MR) is 106 cm³/mol. The van der Waals surface area contributed by atoms with Crippen LogP contribution in [0, 0.1) is 0 Å². The third-order valence-electron chi connectivity index (χ3n) is 6.17. The van der Waals surface area contributed by atoms with Crippen molar-refractivity contribution in [2.45, 2.75) is 44.8 Å². The molecule has 1 aromatic heterocycles. The van der Waals surface area contributed by atoms with E-state index in [0.29, 0.717) is 6.54 Å². The molecule has 4 heteroatoms. The monoisotopic (exact) mass is 346 g/mol. The van der Waals surface area contributed by atoms with Crippen LogP contribution in [0.1, 0.15) is 30.7 Å². The largest absolute Gasteiger partial charge is 0.327 e. The van der Waals surface area contributed by atoms with E-state index in [2.05, 4.69) is 51.9 Å². The molecular weight excluding hydrogens is 320 g/mol. The maximum atomic E-state index is 5.72. The van der Waals surface area contributed by atoms with Gasteiger partial charge in [0.05, 0.1) is 11.0 Å². The Hall–Kier alpha value is -2.17. The van der Waals surface area contributed by atoms with Crippen molar-refractivity contribution in [2.24, 2.45) is 5.73 Å². The van der Waals surface area contributed by atoms with Crippen molar-refractivity contribution in [3.8, 4) is 11.1 Å².